The van der Waals surface area contributed by atoms with Crippen LogP contribution in [0, 0.1) is 0 Å². The van der Waals surface area contributed by atoms with E-state index in [4.69, 9.17) is 0 Å². The Balaban J connectivity index is 2.82. The van der Waals surface area contributed by atoms with E-state index in [2.05, 4.69) is 11.6 Å². The second-order valence-corrected chi connectivity index (χ2v) is 5.16. The molecule has 0 unspecified atom stereocenters. The van der Waals surface area contributed by atoms with Crippen molar-refractivity contribution in [1.29, 1.82) is 0 Å². The van der Waals surface area contributed by atoms with Crippen LogP contribution in [0.3, 0.4) is 0 Å². The lowest BCUT2D eigenvalue weighted by atomic mass is 10.4. The molecule has 0 saturated carbocycles. The minimum atomic E-state index is -0.261. The average molecular weight is 254 g/mol. The second kappa shape index (κ2) is 4.31. The number of rotatable bonds is 3. The maximum Gasteiger partial charge on any atom is 0.256 e. The van der Waals surface area contributed by atoms with Gasteiger partial charge < -0.3 is 5.11 Å². The molecule has 2 heterocycles. The molecule has 2 rings (SSSR count). The molecule has 0 spiro atoms. The first-order valence-corrected chi connectivity index (χ1v) is 6.59. The zero-order valence-corrected chi connectivity index (χ0v) is 10.3. The van der Waals surface area contributed by atoms with Gasteiger partial charge in [0.1, 0.15) is 10.4 Å². The number of pyridine rings is 1. The van der Waals surface area contributed by atoms with Crippen LogP contribution in [0.4, 0.5) is 0 Å². The van der Waals surface area contributed by atoms with Crippen molar-refractivity contribution >= 4 is 33.4 Å². The highest BCUT2D eigenvalue weighted by molar-refractivity contribution is 8.00. The first-order valence-electron chi connectivity index (χ1n) is 4.55. The fourth-order valence-electron chi connectivity index (χ4n) is 1.40. The van der Waals surface area contributed by atoms with E-state index in [9.17, 15) is 9.90 Å². The number of thiazole rings is 1. The molecular weight excluding hydrogens is 244 g/mol. The van der Waals surface area contributed by atoms with Crippen LogP contribution in [-0.4, -0.2) is 20.9 Å². The van der Waals surface area contributed by atoms with Crippen LogP contribution in [0.1, 0.15) is 0 Å². The van der Waals surface area contributed by atoms with Gasteiger partial charge in [-0.25, -0.2) is 4.98 Å². The van der Waals surface area contributed by atoms with Crippen molar-refractivity contribution in [2.24, 2.45) is 0 Å². The lowest BCUT2D eigenvalue weighted by Crippen LogP contribution is -2.18. The number of hydrogen-bond donors (Lipinski definition) is 1. The maximum atomic E-state index is 11.7. The van der Waals surface area contributed by atoms with Gasteiger partial charge in [0.15, 0.2) is 9.99 Å². The van der Waals surface area contributed by atoms with Crippen LogP contribution in [0.25, 0.3) is 10.3 Å². The van der Waals surface area contributed by atoms with Gasteiger partial charge in [-0.05, 0) is 6.26 Å². The summed E-state index contributed by atoms with van der Waals surface area (Å²) in [6, 6.07) is 1.22. The Labute approximate surface area is 100 Å². The lowest BCUT2D eigenvalue weighted by Gasteiger charge is -2.03. The number of hydrogen-bond acceptors (Lipinski definition) is 5. The quantitative estimate of drug-likeness (QED) is 0.673. The third kappa shape index (κ3) is 1.74. The Hall–Kier alpha value is -1.27. The molecule has 0 bridgehead atoms. The Bertz CT molecular complexity index is 601. The molecule has 2 aromatic rings. The smallest absolute Gasteiger partial charge is 0.256 e. The van der Waals surface area contributed by atoms with Gasteiger partial charge in [-0.1, -0.05) is 17.8 Å². The van der Waals surface area contributed by atoms with Crippen molar-refractivity contribution in [1.82, 2.24) is 9.55 Å². The van der Waals surface area contributed by atoms with Gasteiger partial charge in [0, 0.05) is 12.6 Å². The van der Waals surface area contributed by atoms with Crippen LogP contribution >= 0.6 is 23.1 Å². The highest BCUT2D eigenvalue weighted by atomic mass is 32.2. The second-order valence-electron chi connectivity index (χ2n) is 3.10. The molecule has 0 aromatic carbocycles. The summed E-state index contributed by atoms with van der Waals surface area (Å²) < 4.78 is 2.97. The molecule has 16 heavy (non-hydrogen) atoms. The van der Waals surface area contributed by atoms with E-state index in [1.807, 2.05) is 6.26 Å². The minimum Gasteiger partial charge on any atom is -0.506 e. The topological polar surface area (TPSA) is 55.1 Å². The van der Waals surface area contributed by atoms with E-state index in [1.165, 1.54) is 33.7 Å². The predicted octanol–water partition coefficient (Wildman–Crippen LogP) is 2.07. The molecule has 0 fully saturated rings. The van der Waals surface area contributed by atoms with E-state index in [1.54, 1.807) is 6.08 Å². The van der Waals surface area contributed by atoms with Gasteiger partial charge in [-0.3, -0.25) is 9.36 Å². The highest BCUT2D eigenvalue weighted by Gasteiger charge is 2.12. The summed E-state index contributed by atoms with van der Waals surface area (Å²) in [6.45, 7) is 4.00. The van der Waals surface area contributed by atoms with Crippen molar-refractivity contribution in [2.75, 3.05) is 6.26 Å². The van der Waals surface area contributed by atoms with Crippen LogP contribution in [-0.2, 0) is 6.54 Å². The number of thioether (sulfide) groups is 1. The lowest BCUT2D eigenvalue weighted by molar-refractivity contribution is 0.480. The molecular formula is C10H10N2O2S2. The van der Waals surface area contributed by atoms with Crippen LogP contribution in [0.5, 0.6) is 5.75 Å². The zero-order chi connectivity index (χ0) is 11.7. The summed E-state index contributed by atoms with van der Waals surface area (Å²) >= 11 is 2.87. The number of nitrogens with zero attached hydrogens (tertiary/aromatic N) is 2. The summed E-state index contributed by atoms with van der Waals surface area (Å²) in [5, 5.41) is 9.68. The fourth-order valence-corrected chi connectivity index (χ4v) is 2.88. The molecule has 2 aromatic heterocycles. The third-order valence-electron chi connectivity index (χ3n) is 2.09. The molecule has 0 saturated heterocycles. The molecule has 4 nitrogen and oxygen atoms in total. The van der Waals surface area contributed by atoms with Crippen molar-refractivity contribution in [3.05, 3.63) is 29.1 Å². The van der Waals surface area contributed by atoms with E-state index in [0.717, 1.165) is 4.34 Å². The summed E-state index contributed by atoms with van der Waals surface area (Å²) in [5.74, 6) is -0.00175. The Morgan fingerprint density at radius 2 is 2.50 bits per heavy atom. The van der Waals surface area contributed by atoms with Crippen molar-refractivity contribution in [3.63, 3.8) is 0 Å². The average Bonchev–Trinajstić information content (AvgIpc) is 2.68. The summed E-state index contributed by atoms with van der Waals surface area (Å²) in [6.07, 6.45) is 3.54. The van der Waals surface area contributed by atoms with Crippen molar-refractivity contribution < 1.29 is 5.11 Å². The molecule has 0 atom stereocenters. The van der Waals surface area contributed by atoms with Crippen molar-refractivity contribution in [3.8, 4) is 5.75 Å². The first-order chi connectivity index (χ1) is 7.67. The summed E-state index contributed by atoms with van der Waals surface area (Å²) in [5.41, 5.74) is 0.266. The predicted molar refractivity (Wildman–Crippen MR) is 67.5 cm³/mol. The standard InChI is InChI=1S/C10H10N2O2S2/c1-3-4-12-7(14)5-6(13)8-9(12)11-10(15-2)16-8/h3,5,13H,1,4H2,2H3. The molecule has 0 aliphatic rings. The van der Waals surface area contributed by atoms with Crippen LogP contribution in [0.2, 0.25) is 0 Å². The monoisotopic (exact) mass is 254 g/mol. The van der Waals surface area contributed by atoms with Gasteiger partial charge in [0.05, 0.1) is 0 Å². The molecule has 0 radical (unpaired) electrons. The highest BCUT2D eigenvalue weighted by Crippen LogP contribution is 2.32. The molecule has 1 N–H and O–H groups in total. The van der Waals surface area contributed by atoms with Crippen molar-refractivity contribution in [2.45, 2.75) is 10.9 Å². The molecule has 0 aliphatic carbocycles. The maximum absolute atomic E-state index is 11.7. The van der Waals surface area contributed by atoms with Crippen LogP contribution < -0.4 is 5.56 Å². The normalized spacial score (nSPS) is 10.8. The van der Waals surface area contributed by atoms with Crippen LogP contribution in [0.15, 0.2) is 27.9 Å². The van der Waals surface area contributed by atoms with Gasteiger partial charge >= 0.3 is 0 Å². The van der Waals surface area contributed by atoms with Gasteiger partial charge in [-0.2, -0.15) is 0 Å². The number of fused-ring (bicyclic) bond motifs is 1. The minimum absolute atomic E-state index is 0.00175. The Kier molecular flexibility index (Phi) is 3.02. The number of allylic oxidation sites excluding steroid dienone is 1. The first kappa shape index (κ1) is 11.2. The van der Waals surface area contributed by atoms with Gasteiger partial charge in [0.25, 0.3) is 5.56 Å². The molecule has 6 heteroatoms. The van der Waals surface area contributed by atoms with Gasteiger partial charge in [0.2, 0.25) is 0 Å². The summed E-state index contributed by atoms with van der Waals surface area (Å²) in [7, 11) is 0. The third-order valence-corrected chi connectivity index (χ3v) is 4.14. The number of aromatic nitrogens is 2. The van der Waals surface area contributed by atoms with E-state index < -0.39 is 0 Å². The molecule has 0 aliphatic heterocycles. The molecule has 84 valence electrons. The summed E-state index contributed by atoms with van der Waals surface area (Å²) in [4.78, 5) is 16.0. The Morgan fingerprint density at radius 1 is 1.75 bits per heavy atom. The fraction of sp³-hybridized carbons (Fsp3) is 0.200. The largest absolute Gasteiger partial charge is 0.506 e. The Morgan fingerprint density at radius 3 is 3.12 bits per heavy atom. The molecule has 0 amide bonds. The number of aromatic hydroxyl groups is 1. The zero-order valence-electron chi connectivity index (χ0n) is 8.64. The SMILES string of the molecule is C=CCn1c(=O)cc(O)c2sc(SC)nc21. The van der Waals surface area contributed by atoms with E-state index in [0.29, 0.717) is 16.9 Å². The van der Waals surface area contributed by atoms with E-state index >= 15 is 0 Å². The van der Waals surface area contributed by atoms with Gasteiger partial charge in [-0.15, -0.1) is 17.9 Å². The van der Waals surface area contributed by atoms with E-state index in [-0.39, 0.29) is 11.3 Å².